The van der Waals surface area contributed by atoms with Crippen molar-refractivity contribution in [2.75, 3.05) is 18.9 Å². The first-order valence-electron chi connectivity index (χ1n) is 9.50. The van der Waals surface area contributed by atoms with Crippen molar-refractivity contribution < 1.29 is 9.59 Å². The summed E-state index contributed by atoms with van der Waals surface area (Å²) in [4.78, 5) is 30.7. The van der Waals surface area contributed by atoms with Crippen molar-refractivity contribution in [3.8, 4) is 0 Å². The number of aromatic nitrogens is 1. The number of carbonyl (C=O) groups is 2. The average Bonchev–Trinajstić information content (AvgIpc) is 3.47. The first-order valence-corrected chi connectivity index (χ1v) is 9.50. The van der Waals surface area contributed by atoms with E-state index in [0.717, 1.165) is 17.7 Å². The molecular weight excluding hydrogens is 338 g/mol. The molecule has 5 nitrogen and oxygen atoms in total. The van der Waals surface area contributed by atoms with E-state index < -0.39 is 0 Å². The van der Waals surface area contributed by atoms with Crippen LogP contribution in [0.25, 0.3) is 0 Å². The summed E-state index contributed by atoms with van der Waals surface area (Å²) in [6.07, 6.45) is 4.93. The number of anilines is 1. The highest BCUT2D eigenvalue weighted by Crippen LogP contribution is 2.40. The molecule has 2 amide bonds. The van der Waals surface area contributed by atoms with Crippen LogP contribution in [0.2, 0.25) is 0 Å². The second kappa shape index (κ2) is 8.33. The molecule has 1 aromatic carbocycles. The number of nitrogens with zero attached hydrogens (tertiary/aromatic N) is 2. The zero-order chi connectivity index (χ0) is 19.4. The lowest BCUT2D eigenvalue weighted by molar-refractivity contribution is -0.132. The van der Waals surface area contributed by atoms with Crippen LogP contribution in [0.15, 0.2) is 48.8 Å². The Morgan fingerprint density at radius 3 is 2.41 bits per heavy atom. The summed E-state index contributed by atoms with van der Waals surface area (Å²) < 4.78 is 0. The van der Waals surface area contributed by atoms with Crippen molar-refractivity contribution in [3.05, 3.63) is 59.9 Å². The van der Waals surface area contributed by atoms with Gasteiger partial charge in [0.1, 0.15) is 0 Å². The fourth-order valence-corrected chi connectivity index (χ4v) is 3.18. The molecule has 0 spiro atoms. The van der Waals surface area contributed by atoms with Crippen molar-refractivity contribution >= 4 is 17.5 Å². The Labute approximate surface area is 160 Å². The zero-order valence-electron chi connectivity index (χ0n) is 16.2. The molecule has 1 aliphatic rings. The number of benzene rings is 1. The predicted octanol–water partition coefficient (Wildman–Crippen LogP) is 3.48. The molecule has 142 valence electrons. The lowest BCUT2D eigenvalue weighted by Gasteiger charge is -2.17. The molecule has 27 heavy (non-hydrogen) atoms. The minimum absolute atomic E-state index is 0.0550. The van der Waals surface area contributed by atoms with Crippen LogP contribution < -0.4 is 5.32 Å². The molecule has 2 atom stereocenters. The third kappa shape index (κ3) is 4.94. The van der Waals surface area contributed by atoms with Gasteiger partial charge in [0.25, 0.3) is 0 Å². The Hall–Kier alpha value is -2.69. The van der Waals surface area contributed by atoms with E-state index in [2.05, 4.69) is 24.1 Å². The molecule has 1 N–H and O–H groups in total. The lowest BCUT2D eigenvalue weighted by atomic mass is 10.0. The van der Waals surface area contributed by atoms with Gasteiger partial charge in [0, 0.05) is 31.7 Å². The molecule has 0 aliphatic heterocycles. The van der Waals surface area contributed by atoms with Gasteiger partial charge < -0.3 is 10.2 Å². The first-order chi connectivity index (χ1) is 13.0. The van der Waals surface area contributed by atoms with E-state index in [9.17, 15) is 9.59 Å². The Bertz CT molecular complexity index is 787. The molecule has 1 aromatic heterocycles. The van der Waals surface area contributed by atoms with Crippen molar-refractivity contribution in [3.63, 3.8) is 0 Å². The van der Waals surface area contributed by atoms with Gasteiger partial charge in [-0.15, -0.1) is 0 Å². The lowest BCUT2D eigenvalue weighted by Crippen LogP contribution is -2.31. The van der Waals surface area contributed by atoms with E-state index >= 15 is 0 Å². The first kappa shape index (κ1) is 19.1. The molecule has 0 radical (unpaired) electrons. The third-order valence-electron chi connectivity index (χ3n) is 5.15. The maximum absolute atomic E-state index is 12.5. The highest BCUT2D eigenvalue weighted by Gasteiger charge is 2.48. The van der Waals surface area contributed by atoms with Gasteiger partial charge in [0.2, 0.25) is 11.8 Å². The number of hydrogen-bond donors (Lipinski definition) is 1. The SMILES string of the molecule is CC(C)c1ccc(NC(=O)C2CC2C(=O)N(C)CCc2ccncc2)cc1. The van der Waals surface area contributed by atoms with E-state index in [1.807, 2.05) is 36.4 Å². The van der Waals surface area contributed by atoms with E-state index in [1.54, 1.807) is 24.3 Å². The van der Waals surface area contributed by atoms with Crippen LogP contribution >= 0.6 is 0 Å². The fraction of sp³-hybridized carbons (Fsp3) is 0.409. The van der Waals surface area contributed by atoms with Gasteiger partial charge in [0.05, 0.1) is 11.8 Å². The van der Waals surface area contributed by atoms with Crippen LogP contribution in [0.4, 0.5) is 5.69 Å². The Balaban J connectivity index is 1.47. The van der Waals surface area contributed by atoms with Gasteiger partial charge in [-0.05, 0) is 54.2 Å². The van der Waals surface area contributed by atoms with Crippen molar-refractivity contribution in [2.45, 2.75) is 32.6 Å². The third-order valence-corrected chi connectivity index (χ3v) is 5.15. The molecule has 2 unspecified atom stereocenters. The fourth-order valence-electron chi connectivity index (χ4n) is 3.18. The largest absolute Gasteiger partial charge is 0.345 e. The Kier molecular flexibility index (Phi) is 5.89. The Morgan fingerprint density at radius 1 is 1.11 bits per heavy atom. The number of hydrogen-bond acceptors (Lipinski definition) is 3. The summed E-state index contributed by atoms with van der Waals surface area (Å²) in [5, 5.41) is 2.94. The quantitative estimate of drug-likeness (QED) is 0.817. The van der Waals surface area contributed by atoms with Gasteiger partial charge in [-0.3, -0.25) is 14.6 Å². The monoisotopic (exact) mass is 365 g/mol. The second-order valence-corrected chi connectivity index (χ2v) is 7.58. The summed E-state index contributed by atoms with van der Waals surface area (Å²) >= 11 is 0. The molecule has 0 bridgehead atoms. The van der Waals surface area contributed by atoms with Gasteiger partial charge in [-0.1, -0.05) is 26.0 Å². The summed E-state index contributed by atoms with van der Waals surface area (Å²) in [5.74, 6) is 0.0449. The van der Waals surface area contributed by atoms with Crippen LogP contribution in [0.3, 0.4) is 0 Å². The summed E-state index contributed by atoms with van der Waals surface area (Å²) in [7, 11) is 1.81. The zero-order valence-corrected chi connectivity index (χ0v) is 16.2. The minimum Gasteiger partial charge on any atom is -0.345 e. The van der Waals surface area contributed by atoms with Gasteiger partial charge in [-0.2, -0.15) is 0 Å². The number of rotatable bonds is 7. The molecule has 0 saturated heterocycles. The average molecular weight is 365 g/mol. The maximum atomic E-state index is 12.5. The Morgan fingerprint density at radius 2 is 1.78 bits per heavy atom. The van der Waals surface area contributed by atoms with Crippen molar-refractivity contribution in [1.82, 2.24) is 9.88 Å². The number of carbonyl (C=O) groups excluding carboxylic acids is 2. The topological polar surface area (TPSA) is 62.3 Å². The van der Waals surface area contributed by atoms with Gasteiger partial charge in [-0.25, -0.2) is 0 Å². The molecule has 1 heterocycles. The minimum atomic E-state index is -0.217. The number of nitrogens with one attached hydrogen (secondary N) is 1. The summed E-state index contributed by atoms with van der Waals surface area (Å²) in [5.41, 5.74) is 3.18. The molecule has 2 aromatic rings. The van der Waals surface area contributed by atoms with Crippen molar-refractivity contribution in [2.24, 2.45) is 11.8 Å². The van der Waals surface area contributed by atoms with E-state index in [1.165, 1.54) is 5.56 Å². The highest BCUT2D eigenvalue weighted by molar-refractivity contribution is 5.99. The molecule has 5 heteroatoms. The highest BCUT2D eigenvalue weighted by atomic mass is 16.2. The molecule has 3 rings (SSSR count). The number of amides is 2. The number of pyridine rings is 1. The summed E-state index contributed by atoms with van der Waals surface area (Å²) in [6, 6.07) is 11.8. The second-order valence-electron chi connectivity index (χ2n) is 7.58. The number of likely N-dealkylation sites (N-methyl/N-ethyl adjacent to an activating group) is 1. The predicted molar refractivity (Wildman–Crippen MR) is 106 cm³/mol. The van der Waals surface area contributed by atoms with Crippen LogP contribution in [-0.2, 0) is 16.0 Å². The smallest absolute Gasteiger partial charge is 0.228 e. The van der Waals surface area contributed by atoms with Crippen LogP contribution in [-0.4, -0.2) is 35.3 Å². The normalized spacial score (nSPS) is 18.2. The van der Waals surface area contributed by atoms with Crippen molar-refractivity contribution in [1.29, 1.82) is 0 Å². The van der Waals surface area contributed by atoms with Gasteiger partial charge >= 0.3 is 0 Å². The molecule has 1 saturated carbocycles. The van der Waals surface area contributed by atoms with Gasteiger partial charge in [0.15, 0.2) is 0 Å². The standard InChI is InChI=1S/C22H27N3O2/c1-15(2)17-4-6-18(7-5-17)24-21(26)19-14-20(19)22(27)25(3)13-10-16-8-11-23-12-9-16/h4-9,11-12,15,19-20H,10,13-14H2,1-3H3,(H,24,26). The van der Waals surface area contributed by atoms with Crippen LogP contribution in [0.1, 0.15) is 37.3 Å². The van der Waals surface area contributed by atoms with Crippen LogP contribution in [0, 0.1) is 11.8 Å². The molecular formula is C22H27N3O2. The van der Waals surface area contributed by atoms with E-state index in [-0.39, 0.29) is 23.7 Å². The van der Waals surface area contributed by atoms with E-state index in [0.29, 0.717) is 18.9 Å². The van der Waals surface area contributed by atoms with Crippen LogP contribution in [0.5, 0.6) is 0 Å². The summed E-state index contributed by atoms with van der Waals surface area (Å²) in [6.45, 7) is 4.92. The molecule has 1 aliphatic carbocycles. The van der Waals surface area contributed by atoms with E-state index in [4.69, 9.17) is 0 Å². The maximum Gasteiger partial charge on any atom is 0.228 e. The molecule has 1 fully saturated rings.